The molecule has 0 fully saturated rings. The molecular weight excluding hydrogens is 320 g/mol. The Kier molecular flexibility index (Phi) is 5.67. The van der Waals surface area contributed by atoms with Gasteiger partial charge in [-0.2, -0.15) is 0 Å². The third-order valence-electron chi connectivity index (χ3n) is 4.63. The van der Waals surface area contributed by atoms with Gasteiger partial charge in [0.1, 0.15) is 0 Å². The molecule has 0 atom stereocenters. The molecule has 26 heavy (non-hydrogen) atoms. The minimum atomic E-state index is -0.0318. The van der Waals surface area contributed by atoms with Crippen molar-refractivity contribution in [1.82, 2.24) is 10.3 Å². The second-order valence-corrected chi connectivity index (χ2v) is 7.06. The summed E-state index contributed by atoms with van der Waals surface area (Å²) in [5, 5.41) is 3.94. The van der Waals surface area contributed by atoms with Crippen molar-refractivity contribution in [3.05, 3.63) is 65.7 Å². The molecule has 2 aromatic carbocycles. The predicted octanol–water partition coefficient (Wildman–Crippen LogP) is 5.24. The van der Waals surface area contributed by atoms with Crippen LogP contribution >= 0.6 is 0 Å². The Morgan fingerprint density at radius 1 is 1.08 bits per heavy atom. The monoisotopic (exact) mass is 346 g/mol. The summed E-state index contributed by atoms with van der Waals surface area (Å²) in [5.74, 6) is 0.535. The number of aryl methyl sites for hydroxylation is 1. The van der Waals surface area contributed by atoms with Crippen LogP contribution in [0.1, 0.15) is 43.1 Å². The molecule has 1 aromatic heterocycles. The fourth-order valence-corrected chi connectivity index (χ4v) is 2.99. The van der Waals surface area contributed by atoms with Gasteiger partial charge < -0.3 is 5.32 Å². The van der Waals surface area contributed by atoms with E-state index in [4.69, 9.17) is 4.98 Å². The van der Waals surface area contributed by atoms with Gasteiger partial charge in [-0.15, -0.1) is 0 Å². The molecule has 3 nitrogen and oxygen atoms in total. The molecule has 0 radical (unpaired) electrons. The summed E-state index contributed by atoms with van der Waals surface area (Å²) in [5.41, 5.74) is 4.69. The van der Waals surface area contributed by atoms with Gasteiger partial charge >= 0.3 is 0 Å². The first-order valence-electron chi connectivity index (χ1n) is 9.35. The van der Waals surface area contributed by atoms with E-state index in [1.54, 1.807) is 0 Å². The molecule has 0 unspecified atom stereocenters. The fraction of sp³-hybridized carbons (Fsp3) is 0.304. The number of hydrogen-bond acceptors (Lipinski definition) is 2. The van der Waals surface area contributed by atoms with E-state index in [0.717, 1.165) is 35.0 Å². The average molecular weight is 346 g/mol. The molecule has 0 aliphatic carbocycles. The molecule has 1 heterocycles. The van der Waals surface area contributed by atoms with Gasteiger partial charge in [-0.3, -0.25) is 4.79 Å². The number of amides is 1. The first-order valence-corrected chi connectivity index (χ1v) is 9.35. The van der Waals surface area contributed by atoms with Crippen LogP contribution in [-0.4, -0.2) is 17.4 Å². The van der Waals surface area contributed by atoms with Crippen molar-refractivity contribution in [2.45, 2.75) is 33.6 Å². The Morgan fingerprint density at radius 2 is 1.81 bits per heavy atom. The van der Waals surface area contributed by atoms with Crippen LogP contribution < -0.4 is 5.32 Å². The van der Waals surface area contributed by atoms with Gasteiger partial charge in [0.15, 0.2) is 0 Å². The largest absolute Gasteiger partial charge is 0.352 e. The van der Waals surface area contributed by atoms with Crippen molar-refractivity contribution in [2.75, 3.05) is 6.54 Å². The topological polar surface area (TPSA) is 42.0 Å². The van der Waals surface area contributed by atoms with Gasteiger partial charge in [0.25, 0.3) is 5.91 Å². The Balaban J connectivity index is 1.99. The fourth-order valence-electron chi connectivity index (χ4n) is 2.99. The van der Waals surface area contributed by atoms with Crippen molar-refractivity contribution in [3.63, 3.8) is 0 Å². The second-order valence-electron chi connectivity index (χ2n) is 7.06. The Labute approximate surface area is 155 Å². The van der Waals surface area contributed by atoms with Crippen LogP contribution in [0.2, 0.25) is 0 Å². The number of hydrogen-bond donors (Lipinski definition) is 1. The lowest BCUT2D eigenvalue weighted by atomic mass is 10.0. The SMILES string of the molecule is CCc1ccc(-c2cc(C(=O)NCCC(C)C)c3ccccc3n2)cc1. The quantitative estimate of drug-likeness (QED) is 0.663. The first kappa shape index (κ1) is 18.1. The van der Waals surface area contributed by atoms with Crippen molar-refractivity contribution >= 4 is 16.8 Å². The third-order valence-corrected chi connectivity index (χ3v) is 4.63. The lowest BCUT2D eigenvalue weighted by Gasteiger charge is -2.11. The number of nitrogens with one attached hydrogen (secondary N) is 1. The van der Waals surface area contributed by atoms with Crippen molar-refractivity contribution < 1.29 is 4.79 Å². The summed E-state index contributed by atoms with van der Waals surface area (Å²) < 4.78 is 0. The molecule has 134 valence electrons. The molecule has 0 saturated carbocycles. The Bertz CT molecular complexity index is 898. The van der Waals surface area contributed by atoms with Crippen LogP contribution in [0.3, 0.4) is 0 Å². The van der Waals surface area contributed by atoms with Crippen LogP contribution in [-0.2, 0) is 6.42 Å². The van der Waals surface area contributed by atoms with E-state index < -0.39 is 0 Å². The molecule has 3 rings (SSSR count). The highest BCUT2D eigenvalue weighted by molar-refractivity contribution is 6.07. The zero-order chi connectivity index (χ0) is 18.5. The van der Waals surface area contributed by atoms with E-state index in [9.17, 15) is 4.79 Å². The van der Waals surface area contributed by atoms with Gasteiger partial charge in [-0.05, 0) is 36.5 Å². The van der Waals surface area contributed by atoms with Crippen molar-refractivity contribution in [1.29, 1.82) is 0 Å². The molecule has 0 aliphatic heterocycles. The highest BCUT2D eigenvalue weighted by Crippen LogP contribution is 2.25. The zero-order valence-corrected chi connectivity index (χ0v) is 15.8. The summed E-state index contributed by atoms with van der Waals surface area (Å²) in [6.07, 6.45) is 1.98. The number of carbonyl (C=O) groups excluding carboxylic acids is 1. The molecule has 1 amide bonds. The summed E-state index contributed by atoms with van der Waals surface area (Å²) >= 11 is 0. The smallest absolute Gasteiger partial charge is 0.252 e. The van der Waals surface area contributed by atoms with E-state index in [0.29, 0.717) is 18.0 Å². The molecule has 0 saturated heterocycles. The lowest BCUT2D eigenvalue weighted by Crippen LogP contribution is -2.25. The molecule has 0 spiro atoms. The molecular formula is C23H26N2O. The Hall–Kier alpha value is -2.68. The van der Waals surface area contributed by atoms with Crippen LogP contribution in [0.4, 0.5) is 0 Å². The van der Waals surface area contributed by atoms with E-state index >= 15 is 0 Å². The first-order chi connectivity index (χ1) is 12.6. The van der Waals surface area contributed by atoms with Crippen molar-refractivity contribution in [2.24, 2.45) is 5.92 Å². The predicted molar refractivity (Wildman–Crippen MR) is 108 cm³/mol. The lowest BCUT2D eigenvalue weighted by molar-refractivity contribution is 0.0953. The number of pyridine rings is 1. The number of nitrogens with zero attached hydrogens (tertiary/aromatic N) is 1. The van der Waals surface area contributed by atoms with Crippen molar-refractivity contribution in [3.8, 4) is 11.3 Å². The number of carbonyl (C=O) groups is 1. The average Bonchev–Trinajstić information content (AvgIpc) is 2.66. The second kappa shape index (κ2) is 8.13. The van der Waals surface area contributed by atoms with E-state index in [1.165, 1.54) is 5.56 Å². The van der Waals surface area contributed by atoms with E-state index in [-0.39, 0.29) is 5.91 Å². The normalized spacial score (nSPS) is 11.1. The molecule has 3 heteroatoms. The van der Waals surface area contributed by atoms with Crippen LogP contribution in [0.15, 0.2) is 54.6 Å². The maximum absolute atomic E-state index is 12.8. The summed E-state index contributed by atoms with van der Waals surface area (Å²) in [6, 6.07) is 18.1. The summed E-state index contributed by atoms with van der Waals surface area (Å²) in [6.45, 7) is 7.15. The Morgan fingerprint density at radius 3 is 2.50 bits per heavy atom. The number of benzene rings is 2. The highest BCUT2D eigenvalue weighted by atomic mass is 16.1. The number of fused-ring (bicyclic) bond motifs is 1. The molecule has 3 aromatic rings. The summed E-state index contributed by atoms with van der Waals surface area (Å²) in [4.78, 5) is 17.6. The maximum Gasteiger partial charge on any atom is 0.252 e. The van der Waals surface area contributed by atoms with Crippen LogP contribution in [0, 0.1) is 5.92 Å². The van der Waals surface area contributed by atoms with Crippen LogP contribution in [0.5, 0.6) is 0 Å². The highest BCUT2D eigenvalue weighted by Gasteiger charge is 2.13. The number of rotatable bonds is 6. The van der Waals surface area contributed by atoms with Gasteiger partial charge in [0.2, 0.25) is 0 Å². The number of para-hydroxylation sites is 1. The van der Waals surface area contributed by atoms with Crippen LogP contribution in [0.25, 0.3) is 22.2 Å². The minimum absolute atomic E-state index is 0.0318. The van der Waals surface area contributed by atoms with Gasteiger partial charge in [-0.25, -0.2) is 4.98 Å². The zero-order valence-electron chi connectivity index (χ0n) is 15.8. The van der Waals surface area contributed by atoms with E-state index in [1.807, 2.05) is 30.3 Å². The third kappa shape index (κ3) is 4.10. The molecule has 0 bridgehead atoms. The standard InChI is InChI=1S/C23H26N2O/c1-4-17-9-11-18(12-10-17)22-15-20(23(26)24-14-13-16(2)3)19-7-5-6-8-21(19)25-22/h5-12,15-16H,4,13-14H2,1-3H3,(H,24,26). The molecule has 1 N–H and O–H groups in total. The van der Waals surface area contributed by atoms with E-state index in [2.05, 4.69) is 50.4 Å². The van der Waals surface area contributed by atoms with Gasteiger partial charge in [-0.1, -0.05) is 63.2 Å². The van der Waals surface area contributed by atoms with Gasteiger partial charge in [0.05, 0.1) is 16.8 Å². The van der Waals surface area contributed by atoms with Gasteiger partial charge in [0, 0.05) is 17.5 Å². The summed E-state index contributed by atoms with van der Waals surface area (Å²) in [7, 11) is 0. The number of aromatic nitrogens is 1. The molecule has 0 aliphatic rings. The minimum Gasteiger partial charge on any atom is -0.352 e. The maximum atomic E-state index is 12.8.